The molecule has 0 radical (unpaired) electrons. The average Bonchev–Trinajstić information content (AvgIpc) is 2.70. The molecule has 0 spiro atoms. The molecule has 1 N–H and O–H groups in total. The van der Waals surface area contributed by atoms with Gasteiger partial charge in [0, 0.05) is 39.0 Å². The Morgan fingerprint density at radius 2 is 1.89 bits per heavy atom. The lowest BCUT2D eigenvalue weighted by atomic mass is 10.1. The smallest absolute Gasteiger partial charge is 0.252 e. The molecule has 1 aromatic heterocycles. The van der Waals surface area contributed by atoms with Gasteiger partial charge in [-0.3, -0.25) is 14.6 Å². The molecule has 2 amide bonds. The Kier molecular flexibility index (Phi) is 7.61. The van der Waals surface area contributed by atoms with Crippen LogP contribution in [0.25, 0.3) is 0 Å². The van der Waals surface area contributed by atoms with E-state index in [4.69, 9.17) is 9.47 Å². The standard InChI is InChI=1S/C20H25N3O4/c1-15(24)23(12-10-22-20(25)17-5-4-9-21-14-17)11-8-16-6-7-18(26-2)19(13-16)27-3/h4-7,9,13-14H,8,10-12H2,1-3H3,(H,22,25). The molecule has 0 aliphatic carbocycles. The second kappa shape index (κ2) is 10.2. The van der Waals surface area contributed by atoms with Crippen molar-refractivity contribution in [3.05, 3.63) is 53.9 Å². The second-order valence-electron chi connectivity index (χ2n) is 5.94. The van der Waals surface area contributed by atoms with Crippen LogP contribution < -0.4 is 14.8 Å². The summed E-state index contributed by atoms with van der Waals surface area (Å²) in [5.41, 5.74) is 1.54. The second-order valence-corrected chi connectivity index (χ2v) is 5.94. The van der Waals surface area contributed by atoms with Gasteiger partial charge in [-0.25, -0.2) is 0 Å². The van der Waals surface area contributed by atoms with E-state index in [1.807, 2.05) is 18.2 Å². The molecule has 7 nitrogen and oxygen atoms in total. The third-order valence-electron chi connectivity index (χ3n) is 4.15. The molecule has 0 saturated carbocycles. The highest BCUT2D eigenvalue weighted by Crippen LogP contribution is 2.27. The zero-order valence-corrected chi connectivity index (χ0v) is 15.9. The Labute approximate surface area is 159 Å². The minimum atomic E-state index is -0.202. The number of carbonyl (C=O) groups is 2. The van der Waals surface area contributed by atoms with Crippen LogP contribution in [0.5, 0.6) is 11.5 Å². The molecule has 0 aliphatic heterocycles. The van der Waals surface area contributed by atoms with Crippen molar-refractivity contribution in [1.82, 2.24) is 15.2 Å². The number of hydrogen-bond donors (Lipinski definition) is 1. The molecule has 0 unspecified atom stereocenters. The Morgan fingerprint density at radius 1 is 1.11 bits per heavy atom. The first-order chi connectivity index (χ1) is 13.0. The Balaban J connectivity index is 1.87. The minimum absolute atomic E-state index is 0.0360. The van der Waals surface area contributed by atoms with Gasteiger partial charge in [0.25, 0.3) is 5.91 Å². The van der Waals surface area contributed by atoms with Crippen molar-refractivity contribution < 1.29 is 19.1 Å². The number of carbonyl (C=O) groups excluding carboxylic acids is 2. The number of methoxy groups -OCH3 is 2. The fourth-order valence-electron chi connectivity index (χ4n) is 2.63. The van der Waals surface area contributed by atoms with Crippen LogP contribution in [0.1, 0.15) is 22.8 Å². The zero-order valence-electron chi connectivity index (χ0n) is 15.9. The van der Waals surface area contributed by atoms with Gasteiger partial charge in [-0.2, -0.15) is 0 Å². The van der Waals surface area contributed by atoms with E-state index < -0.39 is 0 Å². The fourth-order valence-corrected chi connectivity index (χ4v) is 2.63. The van der Waals surface area contributed by atoms with Gasteiger partial charge in [-0.1, -0.05) is 6.07 Å². The topological polar surface area (TPSA) is 80.8 Å². The number of benzene rings is 1. The van der Waals surface area contributed by atoms with Gasteiger partial charge in [0.15, 0.2) is 11.5 Å². The molecule has 144 valence electrons. The van der Waals surface area contributed by atoms with Crippen molar-refractivity contribution >= 4 is 11.8 Å². The number of aromatic nitrogens is 1. The summed E-state index contributed by atoms with van der Waals surface area (Å²) >= 11 is 0. The first-order valence-corrected chi connectivity index (χ1v) is 8.69. The SMILES string of the molecule is COc1ccc(CCN(CCNC(=O)c2cccnc2)C(C)=O)cc1OC. The van der Waals surface area contributed by atoms with Crippen molar-refractivity contribution in [1.29, 1.82) is 0 Å². The number of ether oxygens (including phenoxy) is 2. The monoisotopic (exact) mass is 371 g/mol. The summed E-state index contributed by atoms with van der Waals surface area (Å²) in [7, 11) is 3.18. The van der Waals surface area contributed by atoms with Gasteiger partial charge in [0.1, 0.15) is 0 Å². The predicted molar refractivity (Wildman–Crippen MR) is 102 cm³/mol. The largest absolute Gasteiger partial charge is 0.493 e. The third kappa shape index (κ3) is 5.99. The molecule has 0 aliphatic rings. The maximum Gasteiger partial charge on any atom is 0.252 e. The van der Waals surface area contributed by atoms with E-state index in [9.17, 15) is 9.59 Å². The highest BCUT2D eigenvalue weighted by molar-refractivity contribution is 5.93. The number of pyridine rings is 1. The number of rotatable bonds is 9. The molecule has 1 heterocycles. The molecule has 0 atom stereocenters. The number of nitrogens with zero attached hydrogens (tertiary/aromatic N) is 2. The summed E-state index contributed by atoms with van der Waals surface area (Å²) in [5.74, 6) is 1.09. The van der Waals surface area contributed by atoms with Crippen LogP contribution in [-0.4, -0.2) is 55.6 Å². The molecular formula is C20H25N3O4. The van der Waals surface area contributed by atoms with E-state index in [0.717, 1.165) is 5.56 Å². The lowest BCUT2D eigenvalue weighted by Gasteiger charge is -2.21. The van der Waals surface area contributed by atoms with Crippen LogP contribution in [0.3, 0.4) is 0 Å². The Bertz CT molecular complexity index is 765. The summed E-state index contributed by atoms with van der Waals surface area (Å²) in [5, 5.41) is 2.81. The van der Waals surface area contributed by atoms with Crippen molar-refractivity contribution in [3.8, 4) is 11.5 Å². The molecule has 2 aromatic rings. The Morgan fingerprint density at radius 3 is 2.52 bits per heavy atom. The summed E-state index contributed by atoms with van der Waals surface area (Å²) < 4.78 is 10.5. The van der Waals surface area contributed by atoms with E-state index in [1.165, 1.54) is 13.1 Å². The van der Waals surface area contributed by atoms with Gasteiger partial charge in [0.05, 0.1) is 19.8 Å². The van der Waals surface area contributed by atoms with Crippen LogP contribution in [0, 0.1) is 0 Å². The van der Waals surface area contributed by atoms with Gasteiger partial charge in [0.2, 0.25) is 5.91 Å². The van der Waals surface area contributed by atoms with Gasteiger partial charge < -0.3 is 19.7 Å². The van der Waals surface area contributed by atoms with Crippen LogP contribution in [0.15, 0.2) is 42.7 Å². The van der Waals surface area contributed by atoms with Crippen LogP contribution in [-0.2, 0) is 11.2 Å². The normalized spacial score (nSPS) is 10.2. The summed E-state index contributed by atoms with van der Waals surface area (Å²) in [6, 6.07) is 9.10. The summed E-state index contributed by atoms with van der Waals surface area (Å²) in [6.45, 7) is 2.89. The van der Waals surface area contributed by atoms with Gasteiger partial charge >= 0.3 is 0 Å². The van der Waals surface area contributed by atoms with E-state index in [2.05, 4.69) is 10.3 Å². The number of amides is 2. The minimum Gasteiger partial charge on any atom is -0.493 e. The molecule has 27 heavy (non-hydrogen) atoms. The summed E-state index contributed by atoms with van der Waals surface area (Å²) in [4.78, 5) is 29.5. The molecule has 0 fully saturated rings. The first kappa shape index (κ1) is 20.2. The van der Waals surface area contributed by atoms with Crippen molar-refractivity contribution in [3.63, 3.8) is 0 Å². The van der Waals surface area contributed by atoms with Gasteiger partial charge in [-0.15, -0.1) is 0 Å². The quantitative estimate of drug-likeness (QED) is 0.728. The van der Waals surface area contributed by atoms with Crippen LogP contribution in [0.4, 0.5) is 0 Å². The number of hydrogen-bond acceptors (Lipinski definition) is 5. The molecule has 1 aromatic carbocycles. The maximum absolute atomic E-state index is 12.0. The lowest BCUT2D eigenvalue weighted by molar-refractivity contribution is -0.128. The maximum atomic E-state index is 12.0. The number of nitrogens with one attached hydrogen (secondary N) is 1. The molecule has 0 saturated heterocycles. The lowest BCUT2D eigenvalue weighted by Crippen LogP contribution is -2.38. The highest BCUT2D eigenvalue weighted by Gasteiger charge is 2.11. The summed E-state index contributed by atoms with van der Waals surface area (Å²) in [6.07, 6.45) is 3.80. The molecular weight excluding hydrogens is 346 g/mol. The average molecular weight is 371 g/mol. The van der Waals surface area contributed by atoms with Crippen LogP contribution in [0.2, 0.25) is 0 Å². The van der Waals surface area contributed by atoms with E-state index in [1.54, 1.807) is 37.4 Å². The fraction of sp³-hybridized carbons (Fsp3) is 0.350. The van der Waals surface area contributed by atoms with E-state index >= 15 is 0 Å². The van der Waals surface area contributed by atoms with E-state index in [-0.39, 0.29) is 11.8 Å². The van der Waals surface area contributed by atoms with Crippen LogP contribution >= 0.6 is 0 Å². The Hall–Kier alpha value is -3.09. The van der Waals surface area contributed by atoms with Gasteiger partial charge in [-0.05, 0) is 36.2 Å². The molecule has 0 bridgehead atoms. The van der Waals surface area contributed by atoms with Crippen molar-refractivity contribution in [2.45, 2.75) is 13.3 Å². The predicted octanol–water partition coefficient (Wildman–Crippen LogP) is 1.92. The highest BCUT2D eigenvalue weighted by atomic mass is 16.5. The van der Waals surface area contributed by atoms with E-state index in [0.29, 0.717) is 43.1 Å². The zero-order chi connectivity index (χ0) is 19.6. The molecule has 2 rings (SSSR count). The third-order valence-corrected chi connectivity index (χ3v) is 4.15. The first-order valence-electron chi connectivity index (χ1n) is 8.69. The van der Waals surface area contributed by atoms with Crippen molar-refractivity contribution in [2.75, 3.05) is 33.9 Å². The van der Waals surface area contributed by atoms with Crippen molar-refractivity contribution in [2.24, 2.45) is 0 Å². The molecule has 7 heteroatoms.